The van der Waals surface area contributed by atoms with Gasteiger partial charge in [-0.3, -0.25) is 9.59 Å². The fourth-order valence-electron chi connectivity index (χ4n) is 5.93. The van der Waals surface area contributed by atoms with Crippen molar-refractivity contribution in [2.24, 2.45) is 7.05 Å². The Bertz CT molecular complexity index is 1250. The Hall–Kier alpha value is -2.39. The first kappa shape index (κ1) is 28.1. The zero-order valence-electron chi connectivity index (χ0n) is 25.2. The summed E-state index contributed by atoms with van der Waals surface area (Å²) in [4.78, 5) is 37.5. The van der Waals surface area contributed by atoms with Crippen molar-refractivity contribution in [1.82, 2.24) is 19.4 Å². The van der Waals surface area contributed by atoms with Crippen LogP contribution in [-0.2, 0) is 16.3 Å². The van der Waals surface area contributed by atoms with Gasteiger partial charge in [0.1, 0.15) is 12.1 Å². The van der Waals surface area contributed by atoms with Crippen LogP contribution in [0.1, 0.15) is 81.4 Å². The Morgan fingerprint density at radius 2 is 1.72 bits per heavy atom. The molecule has 2 aromatic rings. The molecule has 0 N–H and O–H groups in total. The van der Waals surface area contributed by atoms with Crippen LogP contribution in [0.2, 0.25) is 18.1 Å². The monoisotopic (exact) mass is 553 g/mol. The summed E-state index contributed by atoms with van der Waals surface area (Å²) in [5.74, 6) is 0.908. The van der Waals surface area contributed by atoms with Gasteiger partial charge in [-0.2, -0.15) is 0 Å². The highest BCUT2D eigenvalue weighted by Crippen LogP contribution is 2.43. The van der Waals surface area contributed by atoms with E-state index in [0.717, 1.165) is 42.4 Å². The molecule has 5 rings (SSSR count). The van der Waals surface area contributed by atoms with Crippen molar-refractivity contribution in [3.63, 3.8) is 0 Å². The first-order valence-corrected chi connectivity index (χ1v) is 17.6. The van der Waals surface area contributed by atoms with Gasteiger partial charge in [0.25, 0.3) is 5.91 Å². The van der Waals surface area contributed by atoms with Gasteiger partial charge in [0.05, 0.1) is 11.2 Å². The summed E-state index contributed by atoms with van der Waals surface area (Å²) in [7, 11) is 4.17. The highest BCUT2D eigenvalue weighted by Gasteiger charge is 2.41. The maximum Gasteiger partial charge on any atom is 0.290 e. The Balaban J connectivity index is 1.24. The van der Waals surface area contributed by atoms with Crippen LogP contribution in [0.5, 0.6) is 0 Å². The number of carbonyl (C=O) groups is 2. The second kappa shape index (κ2) is 10.2. The maximum absolute atomic E-state index is 13.6. The predicted molar refractivity (Wildman–Crippen MR) is 159 cm³/mol. The molecule has 3 fully saturated rings. The Labute approximate surface area is 234 Å². The first-order valence-electron chi connectivity index (χ1n) is 14.7. The van der Waals surface area contributed by atoms with E-state index in [1.165, 1.54) is 18.4 Å². The van der Waals surface area contributed by atoms with Crippen molar-refractivity contribution in [3.8, 4) is 0 Å². The Morgan fingerprint density at radius 1 is 1.05 bits per heavy atom. The molecular formula is C30H47N5O3Si. The third kappa shape index (κ3) is 5.49. The van der Waals surface area contributed by atoms with Crippen LogP contribution in [0.4, 0.5) is 5.69 Å². The third-order valence-corrected chi connectivity index (χ3v) is 14.1. The van der Waals surface area contributed by atoms with Crippen molar-refractivity contribution in [2.45, 2.75) is 95.5 Å². The molecule has 2 aliphatic carbocycles. The van der Waals surface area contributed by atoms with E-state index in [9.17, 15) is 9.59 Å². The largest absolute Gasteiger partial charge is 0.414 e. The van der Waals surface area contributed by atoms with Crippen LogP contribution < -0.4 is 4.90 Å². The molecular weight excluding hydrogens is 506 g/mol. The van der Waals surface area contributed by atoms with Crippen LogP contribution in [-0.4, -0.2) is 85.4 Å². The molecule has 0 spiro atoms. The molecule has 0 radical (unpaired) electrons. The van der Waals surface area contributed by atoms with Gasteiger partial charge in [-0.1, -0.05) is 20.8 Å². The number of benzene rings is 1. The number of hydrogen-bond donors (Lipinski definition) is 0. The van der Waals surface area contributed by atoms with Gasteiger partial charge in [-0.05, 0) is 80.3 Å². The van der Waals surface area contributed by atoms with Crippen molar-refractivity contribution >= 4 is 36.9 Å². The summed E-state index contributed by atoms with van der Waals surface area (Å²) in [5, 5.41) is 0.204. The lowest BCUT2D eigenvalue weighted by Gasteiger charge is -2.44. The van der Waals surface area contributed by atoms with Crippen molar-refractivity contribution in [2.75, 3.05) is 38.6 Å². The van der Waals surface area contributed by atoms with Gasteiger partial charge >= 0.3 is 0 Å². The predicted octanol–water partition coefficient (Wildman–Crippen LogP) is 5.13. The fraction of sp³-hybridized carbons (Fsp3) is 0.700. The zero-order valence-corrected chi connectivity index (χ0v) is 26.2. The van der Waals surface area contributed by atoms with E-state index in [-0.39, 0.29) is 29.4 Å². The molecule has 9 heteroatoms. The molecule has 214 valence electrons. The summed E-state index contributed by atoms with van der Waals surface area (Å²) in [6.45, 7) is 12.7. The number of carbonyl (C=O) groups excluding carboxylic acids is 2. The number of piperazine rings is 1. The lowest BCUT2D eigenvalue weighted by atomic mass is 9.91. The van der Waals surface area contributed by atoms with Gasteiger partial charge in [0.2, 0.25) is 5.91 Å². The molecule has 0 unspecified atom stereocenters. The number of aromatic nitrogens is 2. The molecule has 2 saturated carbocycles. The number of hydrogen-bond acceptors (Lipinski definition) is 5. The molecule has 3 aliphatic rings. The van der Waals surface area contributed by atoms with E-state index < -0.39 is 8.32 Å². The Kier molecular flexibility index (Phi) is 7.37. The average molecular weight is 554 g/mol. The van der Waals surface area contributed by atoms with Crippen LogP contribution in [0.25, 0.3) is 11.0 Å². The molecule has 2 amide bonds. The summed E-state index contributed by atoms with van der Waals surface area (Å²) in [6, 6.07) is 4.65. The number of imidazole rings is 1. The minimum Gasteiger partial charge on any atom is -0.414 e. The molecule has 0 bridgehead atoms. The summed E-state index contributed by atoms with van der Waals surface area (Å²) in [6.07, 6.45) is 6.69. The molecule has 1 aromatic heterocycles. The van der Waals surface area contributed by atoms with Gasteiger partial charge in [-0.15, -0.1) is 0 Å². The van der Waals surface area contributed by atoms with Crippen molar-refractivity contribution < 1.29 is 14.0 Å². The molecule has 1 aliphatic heterocycles. The average Bonchev–Trinajstić information content (AvgIpc) is 3.66. The second-order valence-electron chi connectivity index (χ2n) is 13.7. The molecule has 1 saturated heterocycles. The van der Waals surface area contributed by atoms with E-state index in [2.05, 4.69) is 50.9 Å². The molecule has 1 aromatic carbocycles. The van der Waals surface area contributed by atoms with Crippen molar-refractivity contribution in [3.05, 3.63) is 23.5 Å². The quantitative estimate of drug-likeness (QED) is 0.464. The fourth-order valence-corrected chi connectivity index (χ4v) is 7.35. The molecule has 0 atom stereocenters. The summed E-state index contributed by atoms with van der Waals surface area (Å²) in [5.41, 5.74) is 4.18. The summed E-state index contributed by atoms with van der Waals surface area (Å²) < 4.78 is 8.57. The normalized spacial score (nSPS) is 23.0. The van der Waals surface area contributed by atoms with E-state index in [0.29, 0.717) is 30.9 Å². The van der Waals surface area contributed by atoms with E-state index in [1.807, 2.05) is 30.6 Å². The first-order chi connectivity index (χ1) is 18.3. The van der Waals surface area contributed by atoms with Gasteiger partial charge in [0, 0.05) is 46.4 Å². The van der Waals surface area contributed by atoms with E-state index in [1.54, 1.807) is 4.90 Å². The number of aryl methyl sites for hydroxylation is 1. The van der Waals surface area contributed by atoms with Crippen LogP contribution >= 0.6 is 0 Å². The van der Waals surface area contributed by atoms with Crippen LogP contribution in [0, 0.1) is 0 Å². The lowest BCUT2D eigenvalue weighted by Crippen LogP contribution is -2.56. The number of nitrogens with zero attached hydrogens (tertiary/aromatic N) is 5. The molecule has 2 heterocycles. The summed E-state index contributed by atoms with van der Waals surface area (Å²) >= 11 is 0. The van der Waals surface area contributed by atoms with Gasteiger partial charge in [0.15, 0.2) is 14.1 Å². The highest BCUT2D eigenvalue weighted by molar-refractivity contribution is 6.74. The SMILES string of the molecule is CN(C)c1cc(C2CC2)cc2c1nc(C(=O)N1CCN(C3CCC(O[Si](C)(C)C(C)(C)C)CC3)C(=O)C1)n2C. The number of rotatable bonds is 6. The Morgan fingerprint density at radius 3 is 2.28 bits per heavy atom. The third-order valence-electron chi connectivity index (χ3n) is 9.61. The lowest BCUT2D eigenvalue weighted by molar-refractivity contribution is -0.138. The van der Waals surface area contributed by atoms with Crippen LogP contribution in [0.15, 0.2) is 12.1 Å². The molecule has 8 nitrogen and oxygen atoms in total. The van der Waals surface area contributed by atoms with E-state index in [4.69, 9.17) is 9.41 Å². The topological polar surface area (TPSA) is 70.9 Å². The van der Waals surface area contributed by atoms with Crippen LogP contribution in [0.3, 0.4) is 0 Å². The number of fused-ring (bicyclic) bond motifs is 1. The van der Waals surface area contributed by atoms with Gasteiger partial charge < -0.3 is 23.7 Å². The smallest absolute Gasteiger partial charge is 0.290 e. The number of anilines is 1. The maximum atomic E-state index is 13.6. The highest BCUT2D eigenvalue weighted by atomic mass is 28.4. The molecule has 39 heavy (non-hydrogen) atoms. The number of amides is 2. The minimum absolute atomic E-state index is 0.0483. The van der Waals surface area contributed by atoms with Crippen molar-refractivity contribution in [1.29, 1.82) is 0 Å². The van der Waals surface area contributed by atoms with E-state index >= 15 is 0 Å². The minimum atomic E-state index is -1.79. The zero-order chi connectivity index (χ0) is 28.3. The van der Waals surface area contributed by atoms with Gasteiger partial charge in [-0.25, -0.2) is 4.98 Å². The standard InChI is InChI=1S/C30H47N5O3Si/c1-30(2,3)39(7,8)38-23-13-11-22(12-14-23)35-16-15-34(19-26(35)36)29(37)28-31-27-24(32(4)5)17-21(20-9-10-20)18-25(27)33(28)6/h17-18,20,22-23H,9-16,19H2,1-8H3. The second-order valence-corrected chi connectivity index (χ2v) is 18.4.